The molecule has 0 amide bonds. The molecule has 0 saturated heterocycles. The Morgan fingerprint density at radius 1 is 1.12 bits per heavy atom. The van der Waals surface area contributed by atoms with E-state index in [-0.39, 0.29) is 0 Å². The van der Waals surface area contributed by atoms with Crippen LogP contribution >= 0.6 is 0 Å². The fraction of sp³-hybridized carbons (Fsp3) is 0. The smallest absolute Gasteiger partial charge is 0.456 e. The van der Waals surface area contributed by atoms with E-state index in [2.05, 4.69) is 0 Å². The van der Waals surface area contributed by atoms with Gasteiger partial charge in [-0.05, 0) is 0 Å². The number of rotatable bonds is 0. The molecule has 3 N–H and O–H groups in total. The van der Waals surface area contributed by atoms with Crippen molar-refractivity contribution in [1.29, 1.82) is 0 Å². The maximum atomic E-state index is 9.92. The molecule has 0 spiro atoms. The topological polar surface area (TPSA) is 94.8 Å². The van der Waals surface area contributed by atoms with E-state index in [4.69, 9.17) is 24.9 Å². The Kier molecular flexibility index (Phi) is 6.97. The molecule has 8 heavy (non-hydrogen) atoms. The molecule has 0 saturated carbocycles. The quantitative estimate of drug-likeness (QED) is 0.418. The molecule has 0 aliphatic heterocycles. The highest BCUT2D eigenvalue weighted by atomic mass is 19.1. The molecule has 0 aromatic carbocycles. The van der Waals surface area contributed by atoms with Gasteiger partial charge in [0, 0.05) is 0 Å². The molecule has 0 rings (SSSR count). The van der Waals surface area contributed by atoms with Gasteiger partial charge in [0.1, 0.15) is 0 Å². The van der Waals surface area contributed by atoms with Crippen molar-refractivity contribution >= 4 is 12.4 Å². The van der Waals surface area contributed by atoms with Gasteiger partial charge >= 0.3 is 12.4 Å². The molecule has 0 atom stereocenters. The molecule has 48 valence electrons. The summed E-state index contributed by atoms with van der Waals surface area (Å²) < 4.78 is 9.92. The van der Waals surface area contributed by atoms with E-state index < -0.39 is 12.4 Å². The molecule has 5 nitrogen and oxygen atoms in total. The molecule has 0 unspecified atom stereocenters. The highest BCUT2D eigenvalue weighted by Crippen LogP contribution is 1.58. The Morgan fingerprint density at radius 3 is 1.12 bits per heavy atom. The van der Waals surface area contributed by atoms with Gasteiger partial charge in [-0.2, -0.15) is 0 Å². The number of halogens is 1. The number of hydrogen-bond acceptors (Lipinski definition) is 2. The summed E-state index contributed by atoms with van der Waals surface area (Å²) in [6.45, 7) is 0. The first kappa shape index (κ1) is 9.83. The lowest BCUT2D eigenvalue weighted by Gasteiger charge is -1.60. The fourth-order valence-corrected chi connectivity index (χ4v) is 0. The highest BCUT2D eigenvalue weighted by Gasteiger charge is 1.74. The third kappa shape index (κ3) is 35.6. The summed E-state index contributed by atoms with van der Waals surface area (Å²) >= 11 is 0. The summed E-state index contributed by atoms with van der Waals surface area (Å²) in [5, 5.41) is 20.7. The Bertz CT molecular complexity index is 68.4. The lowest BCUT2D eigenvalue weighted by Crippen LogP contribution is -1.81. The lowest BCUT2D eigenvalue weighted by molar-refractivity contribution is 0.136. The number of carboxylic acid groups (broad SMARTS) is 3. The molecule has 0 heterocycles. The molecular weight excluding hydrogens is 123 g/mol. The van der Waals surface area contributed by atoms with Gasteiger partial charge in [-0.1, -0.05) is 0 Å². The fourth-order valence-electron chi connectivity index (χ4n) is 0. The van der Waals surface area contributed by atoms with Crippen LogP contribution in [0.2, 0.25) is 0 Å². The van der Waals surface area contributed by atoms with Crippen LogP contribution in [0.1, 0.15) is 0 Å². The van der Waals surface area contributed by atoms with E-state index in [9.17, 15) is 4.39 Å². The standard InChI is InChI=1S/CHFO2.CH2O3/c2*2-1(3)4/h(H,3,4);(H2,2,3,4). The maximum absolute atomic E-state index is 9.92. The second-order valence-corrected chi connectivity index (χ2v) is 0.536. The molecular formula is C2H3FO5. The molecule has 0 aliphatic carbocycles. The minimum Gasteiger partial charge on any atom is -0.456 e. The van der Waals surface area contributed by atoms with Crippen LogP contribution in [0.5, 0.6) is 0 Å². The zero-order valence-electron chi connectivity index (χ0n) is 3.54. The summed E-state index contributed by atoms with van der Waals surface area (Å²) in [6.07, 6.45) is -4.17. The molecule has 0 aliphatic rings. The second-order valence-electron chi connectivity index (χ2n) is 0.536. The van der Waals surface area contributed by atoms with Crippen molar-refractivity contribution in [3.05, 3.63) is 0 Å². The summed E-state index contributed by atoms with van der Waals surface area (Å²) in [4.78, 5) is 16.9. The summed E-state index contributed by atoms with van der Waals surface area (Å²) in [6, 6.07) is 0. The first-order valence-electron chi connectivity index (χ1n) is 1.27. The van der Waals surface area contributed by atoms with Gasteiger partial charge in [-0.3, -0.25) is 0 Å². The third-order valence-corrected chi connectivity index (χ3v) is 0. The predicted molar refractivity (Wildman–Crippen MR) is 19.8 cm³/mol. The summed E-state index contributed by atoms with van der Waals surface area (Å²) in [7, 11) is 0. The average Bonchev–Trinajstić information content (AvgIpc) is 1.25. The zero-order valence-corrected chi connectivity index (χ0v) is 3.54. The van der Waals surface area contributed by atoms with E-state index in [1.54, 1.807) is 0 Å². The van der Waals surface area contributed by atoms with Gasteiger partial charge in [0.2, 0.25) is 0 Å². The average molecular weight is 126 g/mol. The Morgan fingerprint density at radius 2 is 1.12 bits per heavy atom. The van der Waals surface area contributed by atoms with E-state index in [1.807, 2.05) is 0 Å². The van der Waals surface area contributed by atoms with Crippen molar-refractivity contribution in [3.8, 4) is 0 Å². The Labute approximate surface area is 43.0 Å². The van der Waals surface area contributed by atoms with Crippen molar-refractivity contribution in [2.24, 2.45) is 0 Å². The molecule has 0 fully saturated rings. The normalized spacial score (nSPS) is 6.12. The van der Waals surface area contributed by atoms with Crippen molar-refractivity contribution in [3.63, 3.8) is 0 Å². The van der Waals surface area contributed by atoms with Crippen molar-refractivity contribution in [2.45, 2.75) is 0 Å². The van der Waals surface area contributed by atoms with Gasteiger partial charge in [0.05, 0.1) is 0 Å². The first-order valence-corrected chi connectivity index (χ1v) is 1.27. The van der Waals surface area contributed by atoms with Gasteiger partial charge in [-0.15, -0.1) is 4.39 Å². The lowest BCUT2D eigenvalue weighted by atomic mass is 11.5. The number of carbonyl (C=O) groups is 2. The van der Waals surface area contributed by atoms with Crippen LogP contribution < -0.4 is 0 Å². The van der Waals surface area contributed by atoms with Crippen molar-refractivity contribution in [1.82, 2.24) is 0 Å². The van der Waals surface area contributed by atoms with E-state index in [1.165, 1.54) is 0 Å². The summed E-state index contributed by atoms with van der Waals surface area (Å²) in [5.74, 6) is 0. The second kappa shape index (κ2) is 5.67. The molecule has 6 heteroatoms. The molecule has 0 bridgehead atoms. The molecule has 0 radical (unpaired) electrons. The highest BCUT2D eigenvalue weighted by molar-refractivity contribution is 5.54. The third-order valence-electron chi connectivity index (χ3n) is 0. The number of hydrogen-bond donors (Lipinski definition) is 3. The van der Waals surface area contributed by atoms with Crippen LogP contribution in [0.3, 0.4) is 0 Å². The van der Waals surface area contributed by atoms with Crippen molar-refractivity contribution in [2.75, 3.05) is 0 Å². The Balaban J connectivity index is 0. The SMILES string of the molecule is O=C(O)F.O=C(O)O. The van der Waals surface area contributed by atoms with E-state index in [0.717, 1.165) is 0 Å². The Hall–Kier alpha value is -1.33. The minimum absolute atomic E-state index is 1.83. The van der Waals surface area contributed by atoms with Gasteiger partial charge in [0.15, 0.2) is 0 Å². The van der Waals surface area contributed by atoms with Crippen LogP contribution in [0, 0.1) is 0 Å². The van der Waals surface area contributed by atoms with E-state index >= 15 is 0 Å². The first-order chi connectivity index (χ1) is 3.46. The summed E-state index contributed by atoms with van der Waals surface area (Å²) in [5.41, 5.74) is 0. The van der Waals surface area contributed by atoms with Crippen LogP contribution in [0.25, 0.3) is 0 Å². The van der Waals surface area contributed by atoms with Crippen LogP contribution in [-0.2, 0) is 0 Å². The van der Waals surface area contributed by atoms with Gasteiger partial charge in [-0.25, -0.2) is 9.59 Å². The molecule has 0 aromatic rings. The zero-order chi connectivity index (χ0) is 7.15. The van der Waals surface area contributed by atoms with Gasteiger partial charge < -0.3 is 15.3 Å². The van der Waals surface area contributed by atoms with Crippen LogP contribution in [0.15, 0.2) is 0 Å². The van der Waals surface area contributed by atoms with Crippen LogP contribution in [-0.4, -0.2) is 27.7 Å². The van der Waals surface area contributed by atoms with Crippen molar-refractivity contribution < 1.29 is 29.3 Å². The van der Waals surface area contributed by atoms with Gasteiger partial charge in [0.25, 0.3) is 0 Å². The maximum Gasteiger partial charge on any atom is 0.503 e. The largest absolute Gasteiger partial charge is 0.503 e. The van der Waals surface area contributed by atoms with Crippen LogP contribution in [0.4, 0.5) is 14.0 Å². The minimum atomic E-state index is -2.33. The molecule has 0 aromatic heterocycles. The van der Waals surface area contributed by atoms with E-state index in [0.29, 0.717) is 0 Å². The predicted octanol–water partition coefficient (Wildman–Crippen LogP) is 0.856. The monoisotopic (exact) mass is 126 g/mol.